The number of piperazine rings is 1. The number of methoxy groups -OCH3 is 1. The van der Waals surface area contributed by atoms with E-state index in [1.807, 2.05) is 6.07 Å². The van der Waals surface area contributed by atoms with Crippen molar-refractivity contribution in [3.63, 3.8) is 0 Å². The van der Waals surface area contributed by atoms with Crippen LogP contribution in [-0.2, 0) is 19.5 Å². The molecule has 33 heavy (non-hydrogen) atoms. The molecule has 1 aromatic carbocycles. The highest BCUT2D eigenvalue weighted by molar-refractivity contribution is 7.18. The Morgan fingerprint density at radius 1 is 1.12 bits per heavy atom. The molecule has 3 aromatic rings. The van der Waals surface area contributed by atoms with Crippen LogP contribution in [0.4, 0.5) is 5.69 Å². The van der Waals surface area contributed by atoms with Gasteiger partial charge in [0.2, 0.25) is 0 Å². The summed E-state index contributed by atoms with van der Waals surface area (Å²) < 4.78 is 7.29. The lowest BCUT2D eigenvalue weighted by Crippen LogP contribution is -2.47. The molecule has 2 aliphatic heterocycles. The summed E-state index contributed by atoms with van der Waals surface area (Å²) >= 11 is 14.2. The Bertz CT molecular complexity index is 1240. The molecule has 7 nitrogen and oxygen atoms in total. The largest absolute Gasteiger partial charge is 0.493 e. The van der Waals surface area contributed by atoms with Gasteiger partial charge in [-0.2, -0.15) is 0 Å². The molecule has 0 amide bonds. The van der Waals surface area contributed by atoms with E-state index in [9.17, 15) is 4.79 Å². The Hall–Kier alpha value is -1.84. The number of ether oxygens (including phenoxy) is 1. The Balaban J connectivity index is 1.26. The standard InChI is InChI=1S/C23H27Cl2N5O2S/c1-27-4-3-16-19(13-27)33-22-20(16)23(31)30(14-26-22)10-7-28-5-8-29(9-6-28)18-12-15(24)11-17(25)21(18)32-2/h11-12,14H,3-10,13H2,1-2H3. The Morgan fingerprint density at radius 2 is 1.91 bits per heavy atom. The van der Waals surface area contributed by atoms with Crippen LogP contribution < -0.4 is 15.2 Å². The summed E-state index contributed by atoms with van der Waals surface area (Å²) in [7, 11) is 3.75. The summed E-state index contributed by atoms with van der Waals surface area (Å²) in [5, 5.41) is 1.95. The molecule has 4 heterocycles. The SMILES string of the molecule is COc1c(Cl)cc(Cl)cc1N1CCN(CCn2cnc3sc4c(c3c2=O)CCN(C)C4)CC1. The highest BCUT2D eigenvalue weighted by atomic mass is 35.5. The minimum atomic E-state index is 0.0963. The van der Waals surface area contributed by atoms with Gasteiger partial charge >= 0.3 is 0 Å². The molecule has 2 aliphatic rings. The van der Waals surface area contributed by atoms with Crippen molar-refractivity contribution < 1.29 is 4.74 Å². The molecular formula is C23H27Cl2N5O2S. The number of halogens is 2. The van der Waals surface area contributed by atoms with E-state index in [2.05, 4.69) is 26.7 Å². The normalized spacial score (nSPS) is 17.5. The van der Waals surface area contributed by atoms with E-state index < -0.39 is 0 Å². The van der Waals surface area contributed by atoms with Crippen LogP contribution in [0, 0.1) is 0 Å². The third-order valence-corrected chi connectivity index (χ3v) is 8.21. The van der Waals surface area contributed by atoms with Crippen LogP contribution in [0.25, 0.3) is 10.2 Å². The summed E-state index contributed by atoms with van der Waals surface area (Å²) in [6, 6.07) is 3.61. The predicted molar refractivity (Wildman–Crippen MR) is 136 cm³/mol. The second-order valence-electron chi connectivity index (χ2n) is 8.68. The maximum atomic E-state index is 13.2. The first kappa shape index (κ1) is 22.9. The van der Waals surface area contributed by atoms with Crippen LogP contribution in [0.2, 0.25) is 10.0 Å². The van der Waals surface area contributed by atoms with Gasteiger partial charge in [-0.25, -0.2) is 4.98 Å². The van der Waals surface area contributed by atoms with Crippen molar-refractivity contribution in [3.8, 4) is 5.75 Å². The molecule has 0 aliphatic carbocycles. The predicted octanol–water partition coefficient (Wildman–Crippen LogP) is 3.58. The minimum absolute atomic E-state index is 0.0963. The smallest absolute Gasteiger partial charge is 0.262 e. The molecule has 5 rings (SSSR count). The molecule has 0 spiro atoms. The Labute approximate surface area is 207 Å². The van der Waals surface area contributed by atoms with Gasteiger partial charge in [0.05, 0.1) is 29.5 Å². The molecule has 0 unspecified atom stereocenters. The molecular weight excluding hydrogens is 481 g/mol. The fourth-order valence-electron chi connectivity index (χ4n) is 4.75. The fourth-order valence-corrected chi connectivity index (χ4v) is 6.57. The number of thiophene rings is 1. The van der Waals surface area contributed by atoms with Gasteiger partial charge in [-0.1, -0.05) is 23.2 Å². The molecule has 10 heteroatoms. The summed E-state index contributed by atoms with van der Waals surface area (Å²) in [4.78, 5) is 26.9. The van der Waals surface area contributed by atoms with E-state index in [0.717, 1.165) is 68.1 Å². The number of nitrogens with zero attached hydrogens (tertiary/aromatic N) is 5. The van der Waals surface area contributed by atoms with Crippen LogP contribution in [0.15, 0.2) is 23.3 Å². The van der Waals surface area contributed by atoms with Gasteiger partial charge < -0.3 is 14.5 Å². The van der Waals surface area contributed by atoms with Gasteiger partial charge in [0.15, 0.2) is 5.75 Å². The van der Waals surface area contributed by atoms with E-state index >= 15 is 0 Å². The first-order chi connectivity index (χ1) is 15.9. The van der Waals surface area contributed by atoms with Crippen LogP contribution in [-0.4, -0.2) is 72.8 Å². The molecule has 176 valence electrons. The number of hydrogen-bond acceptors (Lipinski definition) is 7. The van der Waals surface area contributed by atoms with Crippen LogP contribution in [0.1, 0.15) is 10.4 Å². The lowest BCUT2D eigenvalue weighted by molar-refractivity contribution is 0.246. The monoisotopic (exact) mass is 507 g/mol. The third kappa shape index (κ3) is 4.47. The number of likely N-dealkylation sites (N-methyl/N-ethyl adjacent to an activating group) is 1. The lowest BCUT2D eigenvalue weighted by Gasteiger charge is -2.36. The molecule has 0 saturated carbocycles. The molecule has 0 radical (unpaired) electrons. The number of benzene rings is 1. The Kier molecular flexibility index (Phi) is 6.55. The quantitative estimate of drug-likeness (QED) is 0.525. The van der Waals surface area contributed by atoms with Crippen molar-refractivity contribution in [1.82, 2.24) is 19.4 Å². The summed E-state index contributed by atoms with van der Waals surface area (Å²) in [6.45, 7) is 6.79. The number of fused-ring (bicyclic) bond motifs is 3. The third-order valence-electron chi connectivity index (χ3n) is 6.58. The maximum Gasteiger partial charge on any atom is 0.262 e. The van der Waals surface area contributed by atoms with Gasteiger partial charge in [-0.3, -0.25) is 14.3 Å². The van der Waals surface area contributed by atoms with Crippen molar-refractivity contribution in [3.05, 3.63) is 49.3 Å². The molecule has 0 N–H and O–H groups in total. The summed E-state index contributed by atoms with van der Waals surface area (Å²) in [5.41, 5.74) is 2.23. The van der Waals surface area contributed by atoms with Gasteiger partial charge in [-0.15, -0.1) is 11.3 Å². The highest BCUT2D eigenvalue weighted by Crippen LogP contribution is 2.38. The zero-order chi connectivity index (χ0) is 23.1. The van der Waals surface area contributed by atoms with Gasteiger partial charge in [0.25, 0.3) is 5.56 Å². The van der Waals surface area contributed by atoms with Gasteiger partial charge in [-0.05, 0) is 31.2 Å². The van der Waals surface area contributed by atoms with Crippen molar-refractivity contribution in [2.75, 3.05) is 58.3 Å². The zero-order valence-electron chi connectivity index (χ0n) is 18.8. The molecule has 0 atom stereocenters. The van der Waals surface area contributed by atoms with E-state index in [-0.39, 0.29) is 5.56 Å². The number of aromatic nitrogens is 2. The average molecular weight is 508 g/mol. The molecule has 0 bridgehead atoms. The van der Waals surface area contributed by atoms with Crippen LogP contribution in [0.5, 0.6) is 5.75 Å². The van der Waals surface area contributed by atoms with Crippen LogP contribution >= 0.6 is 34.5 Å². The van der Waals surface area contributed by atoms with Crippen LogP contribution in [0.3, 0.4) is 0 Å². The number of rotatable bonds is 5. The summed E-state index contributed by atoms with van der Waals surface area (Å²) in [5.74, 6) is 0.658. The van der Waals surface area contributed by atoms with Crippen molar-refractivity contribution in [2.45, 2.75) is 19.5 Å². The highest BCUT2D eigenvalue weighted by Gasteiger charge is 2.24. The molecule has 1 saturated heterocycles. The van der Waals surface area contributed by atoms with Gasteiger partial charge in [0.1, 0.15) is 4.83 Å². The number of hydrogen-bond donors (Lipinski definition) is 0. The minimum Gasteiger partial charge on any atom is -0.493 e. The van der Waals surface area contributed by atoms with Gasteiger partial charge in [0, 0.05) is 62.3 Å². The second-order valence-corrected chi connectivity index (χ2v) is 10.6. The number of anilines is 1. The Morgan fingerprint density at radius 3 is 2.67 bits per heavy atom. The van der Waals surface area contributed by atoms with Crippen molar-refractivity contribution in [1.29, 1.82) is 0 Å². The maximum absolute atomic E-state index is 13.2. The summed E-state index contributed by atoms with van der Waals surface area (Å²) in [6.07, 6.45) is 2.64. The fraction of sp³-hybridized carbons (Fsp3) is 0.478. The zero-order valence-corrected chi connectivity index (χ0v) is 21.1. The molecule has 1 fully saturated rings. The average Bonchev–Trinajstić information content (AvgIpc) is 3.17. The van der Waals surface area contributed by atoms with E-state index in [1.54, 1.807) is 35.4 Å². The topological polar surface area (TPSA) is 53.8 Å². The van der Waals surface area contributed by atoms with E-state index in [4.69, 9.17) is 27.9 Å². The van der Waals surface area contributed by atoms with Crippen molar-refractivity contribution >= 4 is 50.4 Å². The first-order valence-corrected chi connectivity index (χ1v) is 12.7. The lowest BCUT2D eigenvalue weighted by atomic mass is 10.1. The van der Waals surface area contributed by atoms with Crippen molar-refractivity contribution in [2.24, 2.45) is 0 Å². The first-order valence-electron chi connectivity index (χ1n) is 11.1. The van der Waals surface area contributed by atoms with E-state index in [1.165, 1.54) is 10.4 Å². The second kappa shape index (κ2) is 9.43. The van der Waals surface area contributed by atoms with E-state index in [0.29, 0.717) is 22.3 Å². The molecule has 2 aromatic heterocycles.